The summed E-state index contributed by atoms with van der Waals surface area (Å²) < 4.78 is 11.2. The standard InChI is InChI=1S/C20H19N3O4S/c1-26-15-8-5-9-16-17(15)22-20(28-16)23-10-12(11-23)18(24)21-14-7-4-3-6-13(14)19(25)27-2/h3-9,12H,10-11H2,1-2H3,(H,21,24). The molecule has 2 heterocycles. The Kier molecular flexibility index (Phi) is 4.87. The third-order valence-electron chi connectivity index (χ3n) is 4.70. The van der Waals surface area contributed by atoms with Gasteiger partial charge in [0, 0.05) is 13.1 Å². The zero-order valence-corrected chi connectivity index (χ0v) is 16.3. The van der Waals surface area contributed by atoms with E-state index in [1.54, 1.807) is 42.7 Å². The minimum absolute atomic E-state index is 0.119. The summed E-state index contributed by atoms with van der Waals surface area (Å²) in [6.07, 6.45) is 0. The minimum atomic E-state index is -0.477. The number of ether oxygens (including phenoxy) is 2. The molecule has 1 N–H and O–H groups in total. The van der Waals surface area contributed by atoms with Crippen LogP contribution in [0, 0.1) is 5.92 Å². The van der Waals surface area contributed by atoms with Gasteiger partial charge in [0.25, 0.3) is 0 Å². The maximum absolute atomic E-state index is 12.6. The molecule has 144 valence electrons. The van der Waals surface area contributed by atoms with Gasteiger partial charge in [-0.15, -0.1) is 0 Å². The highest BCUT2D eigenvalue weighted by Crippen LogP contribution is 2.36. The van der Waals surface area contributed by atoms with E-state index < -0.39 is 5.97 Å². The normalized spacial score (nSPS) is 13.9. The van der Waals surface area contributed by atoms with Crippen molar-refractivity contribution in [3.63, 3.8) is 0 Å². The molecule has 1 aromatic heterocycles. The molecule has 0 saturated carbocycles. The molecular formula is C20H19N3O4S. The number of thiazole rings is 1. The van der Waals surface area contributed by atoms with Crippen molar-refractivity contribution in [2.75, 3.05) is 37.5 Å². The van der Waals surface area contributed by atoms with Crippen molar-refractivity contribution in [2.24, 2.45) is 5.92 Å². The molecule has 0 aliphatic carbocycles. The van der Waals surface area contributed by atoms with Crippen LogP contribution in [0.2, 0.25) is 0 Å². The Balaban J connectivity index is 1.43. The van der Waals surface area contributed by atoms with E-state index >= 15 is 0 Å². The van der Waals surface area contributed by atoms with Crippen LogP contribution in [0.3, 0.4) is 0 Å². The zero-order chi connectivity index (χ0) is 19.7. The van der Waals surface area contributed by atoms with Crippen molar-refractivity contribution in [3.05, 3.63) is 48.0 Å². The molecule has 1 amide bonds. The molecule has 8 heteroatoms. The Morgan fingerprint density at radius 2 is 1.93 bits per heavy atom. The molecule has 0 unspecified atom stereocenters. The van der Waals surface area contributed by atoms with E-state index in [1.165, 1.54) is 7.11 Å². The maximum atomic E-state index is 12.6. The highest BCUT2D eigenvalue weighted by molar-refractivity contribution is 7.22. The van der Waals surface area contributed by atoms with Gasteiger partial charge in [-0.1, -0.05) is 29.5 Å². The van der Waals surface area contributed by atoms with E-state index in [0.717, 1.165) is 21.1 Å². The van der Waals surface area contributed by atoms with Crippen LogP contribution < -0.4 is 15.0 Å². The average molecular weight is 397 g/mol. The van der Waals surface area contributed by atoms with Crippen molar-refractivity contribution >= 4 is 44.2 Å². The number of methoxy groups -OCH3 is 2. The second-order valence-electron chi connectivity index (χ2n) is 6.43. The van der Waals surface area contributed by atoms with Gasteiger partial charge in [0.1, 0.15) is 11.3 Å². The van der Waals surface area contributed by atoms with Gasteiger partial charge < -0.3 is 19.7 Å². The molecular weight excluding hydrogens is 378 g/mol. The van der Waals surface area contributed by atoms with Crippen LogP contribution in [0.25, 0.3) is 10.2 Å². The lowest BCUT2D eigenvalue weighted by Crippen LogP contribution is -2.52. The summed E-state index contributed by atoms with van der Waals surface area (Å²) in [5.41, 5.74) is 1.64. The van der Waals surface area contributed by atoms with E-state index in [2.05, 4.69) is 15.2 Å². The molecule has 3 aromatic rings. The first-order valence-corrected chi connectivity index (χ1v) is 9.59. The van der Waals surface area contributed by atoms with Gasteiger partial charge in [0.15, 0.2) is 5.13 Å². The lowest BCUT2D eigenvalue weighted by atomic mass is 9.99. The van der Waals surface area contributed by atoms with Crippen molar-refractivity contribution < 1.29 is 19.1 Å². The minimum Gasteiger partial charge on any atom is -0.494 e. The molecule has 0 atom stereocenters. The molecule has 1 saturated heterocycles. The van der Waals surface area contributed by atoms with Crippen molar-refractivity contribution in [2.45, 2.75) is 0 Å². The lowest BCUT2D eigenvalue weighted by molar-refractivity contribution is -0.120. The fourth-order valence-corrected chi connectivity index (χ4v) is 4.13. The Morgan fingerprint density at radius 3 is 2.68 bits per heavy atom. The third-order valence-corrected chi connectivity index (χ3v) is 5.79. The number of carbonyl (C=O) groups excluding carboxylic acids is 2. The van der Waals surface area contributed by atoms with Gasteiger partial charge in [-0.25, -0.2) is 9.78 Å². The fraction of sp³-hybridized carbons (Fsp3) is 0.250. The molecule has 2 aromatic carbocycles. The molecule has 4 rings (SSSR count). The summed E-state index contributed by atoms with van der Waals surface area (Å²) in [7, 11) is 2.95. The van der Waals surface area contributed by atoms with E-state index in [4.69, 9.17) is 9.47 Å². The van der Waals surface area contributed by atoms with E-state index in [0.29, 0.717) is 24.3 Å². The Morgan fingerprint density at radius 1 is 1.14 bits per heavy atom. The van der Waals surface area contributed by atoms with E-state index in [9.17, 15) is 9.59 Å². The van der Waals surface area contributed by atoms with Crippen LogP contribution >= 0.6 is 11.3 Å². The number of hydrogen-bond acceptors (Lipinski definition) is 7. The number of nitrogens with one attached hydrogen (secondary N) is 1. The highest BCUT2D eigenvalue weighted by Gasteiger charge is 2.35. The predicted molar refractivity (Wildman–Crippen MR) is 108 cm³/mol. The first-order valence-electron chi connectivity index (χ1n) is 8.77. The lowest BCUT2D eigenvalue weighted by Gasteiger charge is -2.38. The highest BCUT2D eigenvalue weighted by atomic mass is 32.1. The monoisotopic (exact) mass is 397 g/mol. The molecule has 1 aliphatic rings. The summed E-state index contributed by atoms with van der Waals surface area (Å²) in [5, 5.41) is 3.71. The summed E-state index contributed by atoms with van der Waals surface area (Å²) in [6.45, 7) is 1.16. The second kappa shape index (κ2) is 7.47. The van der Waals surface area contributed by atoms with Gasteiger partial charge in [-0.2, -0.15) is 0 Å². The van der Waals surface area contributed by atoms with Crippen LogP contribution in [0.5, 0.6) is 5.75 Å². The molecule has 7 nitrogen and oxygen atoms in total. The fourth-order valence-electron chi connectivity index (χ4n) is 3.13. The van der Waals surface area contributed by atoms with Crippen LogP contribution in [-0.4, -0.2) is 44.2 Å². The largest absolute Gasteiger partial charge is 0.494 e. The number of fused-ring (bicyclic) bond motifs is 1. The van der Waals surface area contributed by atoms with Crippen LogP contribution in [-0.2, 0) is 9.53 Å². The molecule has 0 bridgehead atoms. The van der Waals surface area contributed by atoms with Gasteiger partial charge in [0.2, 0.25) is 5.91 Å². The number of rotatable bonds is 5. The smallest absolute Gasteiger partial charge is 0.339 e. The summed E-state index contributed by atoms with van der Waals surface area (Å²) >= 11 is 1.58. The number of para-hydroxylation sites is 2. The van der Waals surface area contributed by atoms with Gasteiger partial charge in [-0.05, 0) is 24.3 Å². The first-order chi connectivity index (χ1) is 13.6. The number of benzene rings is 2. The number of anilines is 2. The molecule has 0 spiro atoms. The first kappa shape index (κ1) is 18.2. The SMILES string of the molecule is COC(=O)c1ccccc1NC(=O)C1CN(c2nc3c(OC)cccc3s2)C1. The van der Waals surface area contributed by atoms with E-state index in [1.807, 2.05) is 18.2 Å². The summed E-state index contributed by atoms with van der Waals surface area (Å²) in [5.74, 6) is -0.0188. The number of nitrogens with zero attached hydrogens (tertiary/aromatic N) is 2. The number of amides is 1. The average Bonchev–Trinajstić information content (AvgIpc) is 3.10. The van der Waals surface area contributed by atoms with Crippen molar-refractivity contribution in [3.8, 4) is 5.75 Å². The summed E-state index contributed by atoms with van der Waals surface area (Å²) in [6, 6.07) is 12.7. The zero-order valence-electron chi connectivity index (χ0n) is 15.5. The Hall–Kier alpha value is -3.13. The number of esters is 1. The van der Waals surface area contributed by atoms with Crippen LogP contribution in [0.1, 0.15) is 10.4 Å². The van der Waals surface area contributed by atoms with Gasteiger partial charge in [0.05, 0.1) is 36.1 Å². The van der Waals surface area contributed by atoms with Crippen molar-refractivity contribution in [1.29, 1.82) is 0 Å². The molecule has 1 aliphatic heterocycles. The third kappa shape index (κ3) is 3.27. The molecule has 0 radical (unpaired) electrons. The predicted octanol–water partition coefficient (Wildman–Crippen LogP) is 3.17. The number of carbonyl (C=O) groups is 2. The summed E-state index contributed by atoms with van der Waals surface area (Å²) in [4.78, 5) is 31.2. The Bertz CT molecular complexity index is 1040. The van der Waals surface area contributed by atoms with Gasteiger partial charge >= 0.3 is 5.97 Å². The van der Waals surface area contributed by atoms with Crippen LogP contribution in [0.15, 0.2) is 42.5 Å². The van der Waals surface area contributed by atoms with E-state index in [-0.39, 0.29) is 11.8 Å². The topological polar surface area (TPSA) is 80.8 Å². The quantitative estimate of drug-likeness (QED) is 0.666. The van der Waals surface area contributed by atoms with Gasteiger partial charge in [-0.3, -0.25) is 4.79 Å². The molecule has 28 heavy (non-hydrogen) atoms. The maximum Gasteiger partial charge on any atom is 0.339 e. The second-order valence-corrected chi connectivity index (χ2v) is 7.44. The Labute approximate surface area is 165 Å². The number of hydrogen-bond donors (Lipinski definition) is 1. The number of aromatic nitrogens is 1. The van der Waals surface area contributed by atoms with Crippen LogP contribution in [0.4, 0.5) is 10.8 Å². The molecule has 1 fully saturated rings. The van der Waals surface area contributed by atoms with Crippen molar-refractivity contribution in [1.82, 2.24) is 4.98 Å².